The molecule has 7 heteroatoms. The van der Waals surface area contributed by atoms with Crippen molar-refractivity contribution in [3.05, 3.63) is 24.3 Å². The Labute approximate surface area is 132 Å². The first-order chi connectivity index (χ1) is 10.7. The molecule has 0 amide bonds. The number of hydrogen-bond donors (Lipinski definition) is 1. The van der Waals surface area contributed by atoms with Crippen LogP contribution in [0, 0.1) is 0 Å². The van der Waals surface area contributed by atoms with Crippen molar-refractivity contribution in [2.24, 2.45) is 0 Å². The normalized spacial score (nSPS) is 20.8. The van der Waals surface area contributed by atoms with Crippen molar-refractivity contribution < 1.29 is 13.2 Å². The van der Waals surface area contributed by atoms with E-state index in [1.54, 1.807) is 4.31 Å². The van der Waals surface area contributed by atoms with Crippen LogP contribution in [0.1, 0.15) is 19.3 Å². The van der Waals surface area contributed by atoms with Gasteiger partial charge in [-0.2, -0.15) is 12.7 Å². The van der Waals surface area contributed by atoms with Gasteiger partial charge in [0.25, 0.3) is 0 Å². The fraction of sp³-hybridized carbons (Fsp3) is 0.600. The van der Waals surface area contributed by atoms with Crippen LogP contribution in [0.25, 0.3) is 0 Å². The lowest BCUT2D eigenvalue weighted by Gasteiger charge is -2.31. The summed E-state index contributed by atoms with van der Waals surface area (Å²) in [5.41, 5.74) is 1.57. The van der Waals surface area contributed by atoms with Crippen LogP contribution in [0.15, 0.2) is 24.3 Å². The molecule has 22 heavy (non-hydrogen) atoms. The van der Waals surface area contributed by atoms with Crippen LogP contribution in [-0.2, 0) is 14.9 Å². The highest BCUT2D eigenvalue weighted by atomic mass is 32.2. The molecule has 0 aromatic heterocycles. The number of nitrogens with zero attached hydrogens (tertiary/aromatic N) is 2. The van der Waals surface area contributed by atoms with Crippen molar-refractivity contribution in [2.45, 2.75) is 19.3 Å². The first-order valence-electron chi connectivity index (χ1n) is 7.86. The lowest BCUT2D eigenvalue weighted by Crippen LogP contribution is -2.40. The van der Waals surface area contributed by atoms with Gasteiger partial charge >= 0.3 is 10.2 Å². The lowest BCUT2D eigenvalue weighted by molar-refractivity contribution is 0.123. The fourth-order valence-electron chi connectivity index (χ4n) is 2.95. The van der Waals surface area contributed by atoms with Crippen molar-refractivity contribution in [3.8, 4) is 0 Å². The minimum Gasteiger partial charge on any atom is -0.378 e. The summed E-state index contributed by atoms with van der Waals surface area (Å²) in [6, 6.07) is 7.58. The third-order valence-corrected chi connectivity index (χ3v) is 5.67. The summed E-state index contributed by atoms with van der Waals surface area (Å²) in [6.45, 7) is 4.12. The van der Waals surface area contributed by atoms with E-state index in [1.165, 1.54) is 0 Å². The van der Waals surface area contributed by atoms with Gasteiger partial charge in [-0.15, -0.1) is 0 Å². The molecule has 0 atom stereocenters. The molecule has 0 aliphatic carbocycles. The van der Waals surface area contributed by atoms with E-state index in [-0.39, 0.29) is 0 Å². The van der Waals surface area contributed by atoms with Crippen LogP contribution in [-0.4, -0.2) is 52.1 Å². The highest BCUT2D eigenvalue weighted by Gasteiger charge is 2.25. The molecule has 2 saturated heterocycles. The average Bonchev–Trinajstić information content (AvgIpc) is 2.57. The standard InChI is InChI=1S/C15H23N3O3S/c19-22(20,18-8-4-1-5-9-18)16-14-6-2-3-7-15(14)17-10-12-21-13-11-17/h2-3,6-7,16H,1,4-5,8-13H2. The van der Waals surface area contributed by atoms with E-state index >= 15 is 0 Å². The number of rotatable bonds is 4. The number of ether oxygens (including phenoxy) is 1. The Morgan fingerprint density at radius 1 is 0.955 bits per heavy atom. The second kappa shape index (κ2) is 6.85. The van der Waals surface area contributed by atoms with Crippen LogP contribution < -0.4 is 9.62 Å². The number of piperidine rings is 1. The van der Waals surface area contributed by atoms with E-state index in [1.807, 2.05) is 24.3 Å². The number of benzene rings is 1. The van der Waals surface area contributed by atoms with Gasteiger partial charge in [-0.3, -0.25) is 4.72 Å². The minimum absolute atomic E-state index is 0.606. The molecule has 122 valence electrons. The zero-order valence-electron chi connectivity index (χ0n) is 12.7. The third kappa shape index (κ3) is 3.53. The molecule has 2 aliphatic heterocycles. The first kappa shape index (κ1) is 15.6. The molecule has 0 spiro atoms. The maximum absolute atomic E-state index is 12.6. The largest absolute Gasteiger partial charge is 0.378 e. The second-order valence-electron chi connectivity index (χ2n) is 5.68. The molecule has 1 N–H and O–H groups in total. The summed E-state index contributed by atoms with van der Waals surface area (Å²) in [5, 5.41) is 0. The van der Waals surface area contributed by atoms with Gasteiger partial charge in [0.15, 0.2) is 0 Å². The van der Waals surface area contributed by atoms with Crippen molar-refractivity contribution >= 4 is 21.6 Å². The molecule has 1 aromatic rings. The molecular weight excluding hydrogens is 302 g/mol. The van der Waals surface area contributed by atoms with E-state index in [9.17, 15) is 8.42 Å². The molecule has 1 aromatic carbocycles. The minimum atomic E-state index is -3.47. The molecule has 2 heterocycles. The Morgan fingerprint density at radius 2 is 1.64 bits per heavy atom. The Morgan fingerprint density at radius 3 is 2.36 bits per heavy atom. The molecule has 6 nitrogen and oxygen atoms in total. The highest BCUT2D eigenvalue weighted by Crippen LogP contribution is 2.28. The zero-order valence-corrected chi connectivity index (χ0v) is 13.5. The number of morpholine rings is 1. The smallest absolute Gasteiger partial charge is 0.301 e. The molecule has 2 fully saturated rings. The molecule has 0 bridgehead atoms. The van der Waals surface area contributed by atoms with Crippen molar-refractivity contribution in [1.29, 1.82) is 0 Å². The summed E-state index contributed by atoms with van der Waals surface area (Å²) in [4.78, 5) is 2.16. The van der Waals surface area contributed by atoms with Crippen molar-refractivity contribution in [3.63, 3.8) is 0 Å². The van der Waals surface area contributed by atoms with Gasteiger partial charge in [0.1, 0.15) is 0 Å². The second-order valence-corrected chi connectivity index (χ2v) is 7.35. The predicted molar refractivity (Wildman–Crippen MR) is 87.4 cm³/mol. The number of para-hydroxylation sites is 2. The first-order valence-corrected chi connectivity index (χ1v) is 9.30. The van der Waals surface area contributed by atoms with Crippen LogP contribution in [0.3, 0.4) is 0 Å². The zero-order chi connectivity index (χ0) is 15.4. The number of nitrogens with one attached hydrogen (secondary N) is 1. The number of anilines is 2. The van der Waals surface area contributed by atoms with Crippen molar-refractivity contribution in [2.75, 3.05) is 49.0 Å². The molecular formula is C15H23N3O3S. The van der Waals surface area contributed by atoms with E-state index < -0.39 is 10.2 Å². The Balaban J connectivity index is 1.79. The summed E-state index contributed by atoms with van der Waals surface area (Å²) in [6.07, 6.45) is 2.98. The van der Waals surface area contributed by atoms with Crippen LogP contribution >= 0.6 is 0 Å². The maximum Gasteiger partial charge on any atom is 0.301 e. The van der Waals surface area contributed by atoms with Gasteiger partial charge in [-0.25, -0.2) is 0 Å². The van der Waals surface area contributed by atoms with Crippen LogP contribution in [0.4, 0.5) is 11.4 Å². The van der Waals surface area contributed by atoms with E-state index in [4.69, 9.17) is 4.74 Å². The Hall–Kier alpha value is -1.31. The van der Waals surface area contributed by atoms with Gasteiger partial charge < -0.3 is 9.64 Å². The summed E-state index contributed by atoms with van der Waals surface area (Å²) >= 11 is 0. The van der Waals surface area contributed by atoms with E-state index in [0.717, 1.165) is 38.0 Å². The summed E-state index contributed by atoms with van der Waals surface area (Å²) in [5.74, 6) is 0. The van der Waals surface area contributed by atoms with Gasteiger partial charge in [0, 0.05) is 26.2 Å². The Kier molecular flexibility index (Phi) is 4.85. The van der Waals surface area contributed by atoms with E-state index in [2.05, 4.69) is 9.62 Å². The quantitative estimate of drug-likeness (QED) is 0.915. The van der Waals surface area contributed by atoms with Gasteiger partial charge in [0.2, 0.25) is 0 Å². The van der Waals surface area contributed by atoms with Crippen molar-refractivity contribution in [1.82, 2.24) is 4.31 Å². The van der Waals surface area contributed by atoms with Crippen LogP contribution in [0.2, 0.25) is 0 Å². The third-order valence-electron chi connectivity index (χ3n) is 4.15. The summed E-state index contributed by atoms with van der Waals surface area (Å²) < 4.78 is 34.8. The average molecular weight is 325 g/mol. The van der Waals surface area contributed by atoms with Crippen LogP contribution in [0.5, 0.6) is 0 Å². The topological polar surface area (TPSA) is 61.9 Å². The van der Waals surface area contributed by atoms with E-state index in [0.29, 0.717) is 32.0 Å². The van der Waals surface area contributed by atoms with Gasteiger partial charge in [-0.1, -0.05) is 18.6 Å². The summed E-state index contributed by atoms with van der Waals surface area (Å²) in [7, 11) is -3.47. The van der Waals surface area contributed by atoms with Gasteiger partial charge in [-0.05, 0) is 25.0 Å². The lowest BCUT2D eigenvalue weighted by atomic mass is 10.2. The Bertz CT molecular complexity index is 594. The molecule has 2 aliphatic rings. The SMILES string of the molecule is O=S(=O)(Nc1ccccc1N1CCOCC1)N1CCCCC1. The molecule has 0 saturated carbocycles. The number of hydrogen-bond acceptors (Lipinski definition) is 4. The fourth-order valence-corrected chi connectivity index (χ4v) is 4.27. The highest BCUT2D eigenvalue weighted by molar-refractivity contribution is 7.90. The maximum atomic E-state index is 12.6. The monoisotopic (exact) mass is 325 g/mol. The molecule has 0 unspecified atom stereocenters. The molecule has 3 rings (SSSR count). The van der Waals surface area contributed by atoms with Gasteiger partial charge in [0.05, 0.1) is 24.6 Å². The molecule has 0 radical (unpaired) electrons. The predicted octanol–water partition coefficient (Wildman–Crippen LogP) is 1.67.